The van der Waals surface area contributed by atoms with Crippen LogP contribution in [0.1, 0.15) is 29.6 Å². The molecule has 2 aromatic heterocycles. The molecule has 6 nitrogen and oxygen atoms in total. The number of aromatic nitrogens is 4. The molecule has 1 N–H and O–H groups in total. The van der Waals surface area contributed by atoms with Crippen molar-refractivity contribution >= 4 is 22.6 Å². The number of halogens is 1. The van der Waals surface area contributed by atoms with Crippen molar-refractivity contribution in [3.63, 3.8) is 0 Å². The van der Waals surface area contributed by atoms with Crippen LogP contribution in [-0.4, -0.2) is 51.1 Å². The first kappa shape index (κ1) is 19.5. The molecule has 4 rings (SSSR count). The quantitative estimate of drug-likeness (QED) is 0.717. The summed E-state index contributed by atoms with van der Waals surface area (Å²) in [5.74, 6) is 1.75. The summed E-state index contributed by atoms with van der Waals surface area (Å²) < 4.78 is 16.6. The van der Waals surface area contributed by atoms with E-state index in [1.807, 2.05) is 50.7 Å². The summed E-state index contributed by atoms with van der Waals surface area (Å²) in [6.07, 6.45) is 3.80. The zero-order valence-corrected chi connectivity index (χ0v) is 17.6. The van der Waals surface area contributed by atoms with Gasteiger partial charge in [-0.05, 0) is 51.1 Å². The van der Waals surface area contributed by atoms with E-state index in [4.69, 9.17) is 0 Å². The van der Waals surface area contributed by atoms with Gasteiger partial charge in [-0.15, -0.1) is 0 Å². The Balaban J connectivity index is 1.62. The lowest BCUT2D eigenvalue weighted by molar-refractivity contribution is 0.144. The van der Waals surface area contributed by atoms with E-state index in [9.17, 15) is 4.39 Å². The Morgan fingerprint density at radius 2 is 2.00 bits per heavy atom. The van der Waals surface area contributed by atoms with E-state index in [-0.39, 0.29) is 5.82 Å². The lowest BCUT2D eigenvalue weighted by atomic mass is 9.97. The van der Waals surface area contributed by atoms with Crippen LogP contribution in [0.15, 0.2) is 24.4 Å². The van der Waals surface area contributed by atoms with Gasteiger partial charge in [-0.2, -0.15) is 0 Å². The molecule has 7 heteroatoms. The third kappa shape index (κ3) is 3.62. The van der Waals surface area contributed by atoms with Crippen molar-refractivity contribution in [2.24, 2.45) is 13.0 Å². The van der Waals surface area contributed by atoms with Crippen LogP contribution >= 0.6 is 0 Å². The Bertz CT molecular complexity index is 1090. The Hall–Kier alpha value is -2.80. The van der Waals surface area contributed by atoms with Gasteiger partial charge in [0.15, 0.2) is 5.82 Å². The summed E-state index contributed by atoms with van der Waals surface area (Å²) in [5, 5.41) is 3.34. The number of hydrogen-bond donors (Lipinski definition) is 1. The number of hydrogen-bond acceptors (Lipinski definition) is 5. The molecular weight excluding hydrogens is 367 g/mol. The fraction of sp³-hybridized carbons (Fsp3) is 0.409. The smallest absolute Gasteiger partial charge is 0.222 e. The molecule has 0 amide bonds. The molecule has 1 saturated heterocycles. The summed E-state index contributed by atoms with van der Waals surface area (Å²) in [5.41, 5.74) is 4.65. The standard InChI is InChI=1S/C22H27FN6/c1-6-17(16-7-19(23)21-20(8-16)29(5)14(3)27-21)18-10-25-22(26-13(18)2)24-9-15-11-28(4)12-15/h6-8,10,15H,9,11-12H2,1-5H3,(H,24,25,26)/b17-6-. The Labute approximate surface area is 170 Å². The molecule has 1 aliphatic heterocycles. The minimum atomic E-state index is -0.317. The predicted octanol–water partition coefficient (Wildman–Crippen LogP) is 3.54. The molecule has 3 heterocycles. The van der Waals surface area contributed by atoms with Crippen LogP contribution in [0, 0.1) is 25.6 Å². The van der Waals surface area contributed by atoms with Gasteiger partial charge in [0, 0.05) is 44.4 Å². The summed E-state index contributed by atoms with van der Waals surface area (Å²) in [6, 6.07) is 3.52. The van der Waals surface area contributed by atoms with E-state index >= 15 is 0 Å². The van der Waals surface area contributed by atoms with Crippen molar-refractivity contribution < 1.29 is 4.39 Å². The maximum Gasteiger partial charge on any atom is 0.222 e. The number of anilines is 1. The molecule has 0 saturated carbocycles. The fourth-order valence-electron chi connectivity index (χ4n) is 4.00. The molecule has 3 aromatic rings. The second-order valence-corrected chi connectivity index (χ2v) is 7.91. The van der Waals surface area contributed by atoms with Gasteiger partial charge in [-0.1, -0.05) is 6.08 Å². The van der Waals surface area contributed by atoms with Crippen molar-refractivity contribution in [1.29, 1.82) is 0 Å². The number of nitrogens with zero attached hydrogens (tertiary/aromatic N) is 5. The normalized spacial score (nSPS) is 15.7. The van der Waals surface area contributed by atoms with Crippen molar-refractivity contribution in [2.75, 3.05) is 32.0 Å². The fourth-order valence-corrected chi connectivity index (χ4v) is 4.00. The average molecular weight is 394 g/mol. The van der Waals surface area contributed by atoms with E-state index < -0.39 is 0 Å². The van der Waals surface area contributed by atoms with Crippen LogP contribution in [0.25, 0.3) is 16.6 Å². The average Bonchev–Trinajstić information content (AvgIpc) is 2.95. The van der Waals surface area contributed by atoms with E-state index in [0.717, 1.165) is 53.4 Å². The first-order chi connectivity index (χ1) is 13.9. The lowest BCUT2D eigenvalue weighted by Gasteiger charge is -2.36. The highest BCUT2D eigenvalue weighted by molar-refractivity contribution is 5.87. The second kappa shape index (κ2) is 7.55. The molecule has 152 valence electrons. The summed E-state index contributed by atoms with van der Waals surface area (Å²) in [4.78, 5) is 15.8. The minimum Gasteiger partial charge on any atom is -0.354 e. The van der Waals surface area contributed by atoms with Crippen molar-refractivity contribution in [3.8, 4) is 0 Å². The van der Waals surface area contributed by atoms with Gasteiger partial charge in [-0.3, -0.25) is 0 Å². The van der Waals surface area contributed by atoms with Crippen LogP contribution < -0.4 is 5.32 Å². The van der Waals surface area contributed by atoms with E-state index in [0.29, 0.717) is 17.4 Å². The zero-order valence-electron chi connectivity index (χ0n) is 17.6. The summed E-state index contributed by atoms with van der Waals surface area (Å²) in [6.45, 7) is 8.88. The van der Waals surface area contributed by atoms with Crippen LogP contribution in [0.2, 0.25) is 0 Å². The number of fused-ring (bicyclic) bond motifs is 1. The van der Waals surface area contributed by atoms with Crippen LogP contribution in [0.4, 0.5) is 10.3 Å². The van der Waals surface area contributed by atoms with Crippen molar-refractivity contribution in [1.82, 2.24) is 24.4 Å². The molecule has 1 aromatic carbocycles. The Kier molecular flexibility index (Phi) is 5.08. The number of imidazole rings is 1. The second-order valence-electron chi connectivity index (χ2n) is 7.91. The number of rotatable bonds is 5. The van der Waals surface area contributed by atoms with Gasteiger partial charge in [0.25, 0.3) is 0 Å². The molecule has 0 bridgehead atoms. The number of benzene rings is 1. The number of aryl methyl sites for hydroxylation is 3. The minimum absolute atomic E-state index is 0.317. The van der Waals surface area contributed by atoms with Gasteiger partial charge < -0.3 is 14.8 Å². The predicted molar refractivity (Wildman–Crippen MR) is 114 cm³/mol. The van der Waals surface area contributed by atoms with Crippen LogP contribution in [0.5, 0.6) is 0 Å². The molecule has 1 aliphatic rings. The zero-order chi connectivity index (χ0) is 20.7. The molecular formula is C22H27FN6. The van der Waals surface area contributed by atoms with E-state index in [2.05, 4.69) is 32.2 Å². The molecule has 1 fully saturated rings. The van der Waals surface area contributed by atoms with Gasteiger partial charge in [0.2, 0.25) is 5.95 Å². The maximum absolute atomic E-state index is 14.7. The van der Waals surface area contributed by atoms with Crippen molar-refractivity contribution in [2.45, 2.75) is 20.8 Å². The van der Waals surface area contributed by atoms with Crippen LogP contribution in [0.3, 0.4) is 0 Å². The molecule has 0 unspecified atom stereocenters. The molecule has 0 atom stereocenters. The van der Waals surface area contributed by atoms with Gasteiger partial charge in [0.05, 0.1) is 11.2 Å². The highest BCUT2D eigenvalue weighted by Crippen LogP contribution is 2.30. The maximum atomic E-state index is 14.7. The molecule has 0 spiro atoms. The highest BCUT2D eigenvalue weighted by atomic mass is 19.1. The van der Waals surface area contributed by atoms with Crippen molar-refractivity contribution in [3.05, 3.63) is 52.9 Å². The number of nitrogens with one attached hydrogen (secondary N) is 1. The molecule has 29 heavy (non-hydrogen) atoms. The van der Waals surface area contributed by atoms with Gasteiger partial charge >= 0.3 is 0 Å². The summed E-state index contributed by atoms with van der Waals surface area (Å²) >= 11 is 0. The topological polar surface area (TPSA) is 58.9 Å². The third-order valence-electron chi connectivity index (χ3n) is 5.72. The third-order valence-corrected chi connectivity index (χ3v) is 5.72. The number of likely N-dealkylation sites (tertiary alicyclic amines) is 1. The summed E-state index contributed by atoms with van der Waals surface area (Å²) in [7, 11) is 4.02. The number of allylic oxidation sites excluding steroid dienone is 1. The van der Waals surface area contributed by atoms with E-state index in [1.165, 1.54) is 0 Å². The van der Waals surface area contributed by atoms with E-state index in [1.54, 1.807) is 6.07 Å². The molecule has 0 radical (unpaired) electrons. The SMILES string of the molecule is C/C=C(/c1cc(F)c2nc(C)n(C)c2c1)c1cnc(NCC2CN(C)C2)nc1C. The monoisotopic (exact) mass is 394 g/mol. The Morgan fingerprint density at radius 3 is 2.66 bits per heavy atom. The van der Waals surface area contributed by atoms with Gasteiger partial charge in [-0.25, -0.2) is 19.3 Å². The van der Waals surface area contributed by atoms with Crippen LogP contribution in [-0.2, 0) is 7.05 Å². The van der Waals surface area contributed by atoms with Gasteiger partial charge in [0.1, 0.15) is 11.3 Å². The largest absolute Gasteiger partial charge is 0.354 e. The highest BCUT2D eigenvalue weighted by Gasteiger charge is 2.23. The first-order valence-electron chi connectivity index (χ1n) is 9.93. The lowest BCUT2D eigenvalue weighted by Crippen LogP contribution is -2.46. The Morgan fingerprint density at radius 1 is 1.24 bits per heavy atom. The first-order valence-corrected chi connectivity index (χ1v) is 9.93. The molecule has 0 aliphatic carbocycles.